The highest BCUT2D eigenvalue weighted by molar-refractivity contribution is 5.81. The quantitative estimate of drug-likeness (QED) is 0.803. The summed E-state index contributed by atoms with van der Waals surface area (Å²) in [7, 11) is 0. The molecule has 0 aromatic carbocycles. The smallest absolute Gasteiger partial charge is 0.306 e. The van der Waals surface area contributed by atoms with Crippen LogP contribution in [0.3, 0.4) is 0 Å². The first kappa shape index (κ1) is 13.3. The number of hydrogen-bond donors (Lipinski definition) is 1. The fourth-order valence-electron chi connectivity index (χ4n) is 3.05. The van der Waals surface area contributed by atoms with Crippen LogP contribution >= 0.6 is 0 Å². The minimum atomic E-state index is -0.769. The van der Waals surface area contributed by atoms with Crippen molar-refractivity contribution in [2.24, 2.45) is 11.8 Å². The van der Waals surface area contributed by atoms with Crippen LogP contribution in [0.15, 0.2) is 0 Å². The van der Waals surface area contributed by atoms with Crippen molar-refractivity contribution in [1.82, 2.24) is 4.90 Å². The van der Waals surface area contributed by atoms with E-state index in [1.165, 1.54) is 0 Å². The number of carboxylic acids is 1. The van der Waals surface area contributed by atoms with Crippen molar-refractivity contribution in [1.29, 1.82) is 0 Å². The van der Waals surface area contributed by atoms with Gasteiger partial charge in [0.05, 0.1) is 18.1 Å². The molecule has 1 amide bonds. The third kappa shape index (κ3) is 2.83. The highest BCUT2D eigenvalue weighted by atomic mass is 16.5. The molecule has 1 saturated carbocycles. The summed E-state index contributed by atoms with van der Waals surface area (Å²) in [6.45, 7) is 5.17. The zero-order valence-electron chi connectivity index (χ0n) is 11.0. The summed E-state index contributed by atoms with van der Waals surface area (Å²) in [5.41, 5.74) is 0. The van der Waals surface area contributed by atoms with Gasteiger partial charge in [-0.05, 0) is 33.1 Å². The molecular formula is C13H21NO4. The molecule has 0 radical (unpaired) electrons. The second-order valence-corrected chi connectivity index (χ2v) is 5.55. The standard InChI is InChI=1S/C13H21NO4/c1-8-6-14(7-9(2)18-8)12(15)10-3-4-11(5-10)13(16)17/h8-11H,3-7H2,1-2H3,(H,16,17)/t8?,9?,10-,11+/m1/s1. The molecule has 2 unspecified atom stereocenters. The highest BCUT2D eigenvalue weighted by Gasteiger charge is 2.37. The van der Waals surface area contributed by atoms with Gasteiger partial charge in [0.25, 0.3) is 0 Å². The molecule has 102 valence electrons. The third-order valence-electron chi connectivity index (χ3n) is 3.86. The predicted octanol–water partition coefficient (Wildman–Crippen LogP) is 1.12. The van der Waals surface area contributed by atoms with Crippen molar-refractivity contribution in [3.63, 3.8) is 0 Å². The molecule has 1 aliphatic heterocycles. The molecule has 1 saturated heterocycles. The Hall–Kier alpha value is -1.10. The van der Waals surface area contributed by atoms with Crippen LogP contribution in [0.5, 0.6) is 0 Å². The first-order valence-corrected chi connectivity index (χ1v) is 6.64. The van der Waals surface area contributed by atoms with Gasteiger partial charge in [-0.15, -0.1) is 0 Å². The Morgan fingerprint density at radius 2 is 1.67 bits per heavy atom. The number of amides is 1. The van der Waals surface area contributed by atoms with Crippen LogP contribution in [0, 0.1) is 11.8 Å². The zero-order valence-corrected chi connectivity index (χ0v) is 11.0. The van der Waals surface area contributed by atoms with E-state index in [1.807, 2.05) is 18.7 Å². The number of carbonyl (C=O) groups is 2. The van der Waals surface area contributed by atoms with Gasteiger partial charge in [0.1, 0.15) is 0 Å². The maximum atomic E-state index is 12.3. The van der Waals surface area contributed by atoms with Crippen LogP contribution in [-0.4, -0.2) is 47.2 Å². The van der Waals surface area contributed by atoms with Crippen molar-refractivity contribution < 1.29 is 19.4 Å². The van der Waals surface area contributed by atoms with E-state index in [0.717, 1.165) is 0 Å². The molecule has 5 heteroatoms. The topological polar surface area (TPSA) is 66.8 Å². The molecule has 18 heavy (non-hydrogen) atoms. The summed E-state index contributed by atoms with van der Waals surface area (Å²) in [5.74, 6) is -1.10. The molecule has 1 N–H and O–H groups in total. The monoisotopic (exact) mass is 255 g/mol. The highest BCUT2D eigenvalue weighted by Crippen LogP contribution is 2.32. The summed E-state index contributed by atoms with van der Waals surface area (Å²) in [6.07, 6.45) is 1.95. The number of hydrogen-bond acceptors (Lipinski definition) is 3. The molecule has 5 nitrogen and oxygen atoms in total. The van der Waals surface area contributed by atoms with Crippen molar-refractivity contribution in [3.05, 3.63) is 0 Å². The van der Waals surface area contributed by atoms with E-state index in [9.17, 15) is 9.59 Å². The summed E-state index contributed by atoms with van der Waals surface area (Å²) in [6, 6.07) is 0. The fraction of sp³-hybridized carbons (Fsp3) is 0.846. The molecule has 2 rings (SSSR count). The van der Waals surface area contributed by atoms with E-state index in [-0.39, 0.29) is 30.0 Å². The molecule has 1 aliphatic carbocycles. The van der Waals surface area contributed by atoms with Gasteiger partial charge in [-0.2, -0.15) is 0 Å². The van der Waals surface area contributed by atoms with Crippen LogP contribution in [0.1, 0.15) is 33.1 Å². The Labute approximate surface area is 107 Å². The van der Waals surface area contributed by atoms with Gasteiger partial charge in [-0.25, -0.2) is 0 Å². The average molecular weight is 255 g/mol. The number of ether oxygens (including phenoxy) is 1. The Bertz CT molecular complexity index is 334. The lowest BCUT2D eigenvalue weighted by molar-refractivity contribution is -0.147. The van der Waals surface area contributed by atoms with Crippen molar-refractivity contribution >= 4 is 11.9 Å². The van der Waals surface area contributed by atoms with E-state index in [0.29, 0.717) is 32.4 Å². The number of nitrogens with zero attached hydrogens (tertiary/aromatic N) is 1. The van der Waals surface area contributed by atoms with E-state index in [1.54, 1.807) is 0 Å². The number of carbonyl (C=O) groups excluding carboxylic acids is 1. The minimum Gasteiger partial charge on any atom is -0.481 e. The average Bonchev–Trinajstić information content (AvgIpc) is 2.75. The summed E-state index contributed by atoms with van der Waals surface area (Å²) < 4.78 is 5.60. The zero-order chi connectivity index (χ0) is 13.3. The molecule has 0 aromatic rings. The molecule has 0 aromatic heterocycles. The van der Waals surface area contributed by atoms with Crippen molar-refractivity contribution in [2.75, 3.05) is 13.1 Å². The Morgan fingerprint density at radius 1 is 1.11 bits per heavy atom. The van der Waals surface area contributed by atoms with Gasteiger partial charge in [0.15, 0.2) is 0 Å². The van der Waals surface area contributed by atoms with Gasteiger partial charge in [-0.1, -0.05) is 0 Å². The van der Waals surface area contributed by atoms with Gasteiger partial charge < -0.3 is 14.7 Å². The Morgan fingerprint density at radius 3 is 2.17 bits per heavy atom. The van der Waals surface area contributed by atoms with E-state index in [4.69, 9.17) is 9.84 Å². The Kier molecular flexibility index (Phi) is 3.90. The lowest BCUT2D eigenvalue weighted by atomic mass is 10.0. The normalized spacial score (nSPS) is 36.7. The van der Waals surface area contributed by atoms with E-state index < -0.39 is 5.97 Å². The van der Waals surface area contributed by atoms with Gasteiger partial charge in [0.2, 0.25) is 5.91 Å². The third-order valence-corrected chi connectivity index (χ3v) is 3.86. The minimum absolute atomic E-state index is 0.0642. The van der Waals surface area contributed by atoms with Crippen LogP contribution < -0.4 is 0 Å². The largest absolute Gasteiger partial charge is 0.481 e. The summed E-state index contributed by atoms with van der Waals surface area (Å²) >= 11 is 0. The van der Waals surface area contributed by atoms with Gasteiger partial charge >= 0.3 is 5.97 Å². The number of aliphatic carboxylic acids is 1. The molecule has 1 heterocycles. The SMILES string of the molecule is CC1CN(C(=O)[C@@H]2CC[C@H](C(=O)O)C2)CC(C)O1. The molecule has 4 atom stereocenters. The second-order valence-electron chi connectivity index (χ2n) is 5.55. The fourth-order valence-corrected chi connectivity index (χ4v) is 3.05. The lowest BCUT2D eigenvalue weighted by Crippen LogP contribution is -2.49. The maximum Gasteiger partial charge on any atom is 0.306 e. The van der Waals surface area contributed by atoms with Crippen molar-refractivity contribution in [2.45, 2.75) is 45.3 Å². The van der Waals surface area contributed by atoms with Crippen LogP contribution in [0.2, 0.25) is 0 Å². The summed E-state index contributed by atoms with van der Waals surface area (Å²) in [4.78, 5) is 25.1. The summed E-state index contributed by atoms with van der Waals surface area (Å²) in [5, 5.41) is 8.96. The second kappa shape index (κ2) is 5.26. The van der Waals surface area contributed by atoms with Gasteiger partial charge in [-0.3, -0.25) is 9.59 Å². The molecule has 0 spiro atoms. The van der Waals surface area contributed by atoms with E-state index in [2.05, 4.69) is 0 Å². The number of carboxylic acid groups (broad SMARTS) is 1. The first-order valence-electron chi connectivity index (χ1n) is 6.64. The molecule has 0 bridgehead atoms. The van der Waals surface area contributed by atoms with Gasteiger partial charge in [0, 0.05) is 19.0 Å². The Balaban J connectivity index is 1.93. The van der Waals surface area contributed by atoms with Crippen molar-refractivity contribution in [3.8, 4) is 0 Å². The first-order chi connectivity index (χ1) is 8.47. The number of morpholine rings is 1. The molecule has 2 fully saturated rings. The van der Waals surface area contributed by atoms with Crippen LogP contribution in [0.25, 0.3) is 0 Å². The molecule has 2 aliphatic rings. The van der Waals surface area contributed by atoms with Crippen LogP contribution in [-0.2, 0) is 14.3 Å². The van der Waals surface area contributed by atoms with E-state index >= 15 is 0 Å². The maximum absolute atomic E-state index is 12.3. The number of rotatable bonds is 2. The van der Waals surface area contributed by atoms with Crippen LogP contribution in [0.4, 0.5) is 0 Å². The molecular weight excluding hydrogens is 234 g/mol. The predicted molar refractivity (Wildman–Crippen MR) is 65.1 cm³/mol. The lowest BCUT2D eigenvalue weighted by Gasteiger charge is -2.36.